The van der Waals surface area contributed by atoms with Crippen molar-refractivity contribution in [3.63, 3.8) is 0 Å². The zero-order chi connectivity index (χ0) is 13.2. The molecule has 0 spiro atoms. The molecule has 1 fully saturated rings. The number of nitrogens with zero attached hydrogens (tertiary/aromatic N) is 2. The smallest absolute Gasteiger partial charge is 0.0829 e. The van der Waals surface area contributed by atoms with Crippen LogP contribution in [0, 0.1) is 0 Å². The molecule has 0 amide bonds. The maximum atomic E-state index is 5.89. The Kier molecular flexibility index (Phi) is 3.73. The third-order valence-corrected chi connectivity index (χ3v) is 4.15. The normalized spacial score (nSPS) is 24.6. The monoisotopic (exact) mass is 261 g/mol. The van der Waals surface area contributed by atoms with Crippen LogP contribution in [0.15, 0.2) is 18.2 Å². The van der Waals surface area contributed by atoms with Crippen LogP contribution in [0.2, 0.25) is 0 Å². The van der Waals surface area contributed by atoms with Gasteiger partial charge in [0.2, 0.25) is 0 Å². The number of benzene rings is 1. The molecule has 1 saturated heterocycles. The average molecular weight is 261 g/mol. The van der Waals surface area contributed by atoms with Gasteiger partial charge < -0.3 is 10.5 Å². The summed E-state index contributed by atoms with van der Waals surface area (Å²) in [6.07, 6.45) is 0.348. The van der Waals surface area contributed by atoms with E-state index in [1.807, 2.05) is 6.07 Å². The van der Waals surface area contributed by atoms with Crippen LogP contribution in [0.5, 0.6) is 0 Å². The van der Waals surface area contributed by atoms with Crippen LogP contribution in [0.25, 0.3) is 0 Å². The van der Waals surface area contributed by atoms with Gasteiger partial charge in [0.1, 0.15) is 0 Å². The standard InChI is InChI=1S/C15H23N3O/c1-2-17-5-6-19-15(10-17)11-18-8-12-3-4-14(16)7-13(12)9-18/h3-4,7,15H,2,5-6,8-11,16H2,1H3. The predicted octanol–water partition coefficient (Wildman–Crippen LogP) is 1.31. The van der Waals surface area contributed by atoms with Crippen molar-refractivity contribution in [2.75, 3.05) is 38.5 Å². The van der Waals surface area contributed by atoms with Crippen molar-refractivity contribution in [3.05, 3.63) is 29.3 Å². The van der Waals surface area contributed by atoms with E-state index in [1.165, 1.54) is 11.1 Å². The van der Waals surface area contributed by atoms with E-state index in [0.29, 0.717) is 6.10 Å². The van der Waals surface area contributed by atoms with E-state index in [1.54, 1.807) is 0 Å². The van der Waals surface area contributed by atoms with E-state index in [2.05, 4.69) is 28.9 Å². The molecule has 0 radical (unpaired) electrons. The lowest BCUT2D eigenvalue weighted by atomic mass is 10.1. The molecule has 0 saturated carbocycles. The molecule has 2 heterocycles. The van der Waals surface area contributed by atoms with Gasteiger partial charge in [-0.05, 0) is 29.8 Å². The topological polar surface area (TPSA) is 41.7 Å². The third kappa shape index (κ3) is 2.91. The molecular formula is C15H23N3O. The van der Waals surface area contributed by atoms with Crippen LogP contribution in [0.4, 0.5) is 5.69 Å². The van der Waals surface area contributed by atoms with E-state index < -0.39 is 0 Å². The number of anilines is 1. The van der Waals surface area contributed by atoms with Gasteiger partial charge in [-0.15, -0.1) is 0 Å². The van der Waals surface area contributed by atoms with Gasteiger partial charge in [0.25, 0.3) is 0 Å². The zero-order valence-corrected chi connectivity index (χ0v) is 11.6. The van der Waals surface area contributed by atoms with Crippen molar-refractivity contribution >= 4 is 5.69 Å². The van der Waals surface area contributed by atoms with Gasteiger partial charge >= 0.3 is 0 Å². The molecule has 4 nitrogen and oxygen atoms in total. The number of fused-ring (bicyclic) bond motifs is 1. The van der Waals surface area contributed by atoms with Crippen LogP contribution >= 0.6 is 0 Å². The maximum Gasteiger partial charge on any atom is 0.0829 e. The van der Waals surface area contributed by atoms with E-state index >= 15 is 0 Å². The minimum absolute atomic E-state index is 0.348. The molecule has 1 atom stereocenters. The molecule has 1 aromatic carbocycles. The summed E-state index contributed by atoms with van der Waals surface area (Å²) in [4.78, 5) is 4.93. The number of hydrogen-bond acceptors (Lipinski definition) is 4. The van der Waals surface area contributed by atoms with Gasteiger partial charge in [-0.3, -0.25) is 9.80 Å². The van der Waals surface area contributed by atoms with Gasteiger partial charge in [-0.1, -0.05) is 13.0 Å². The highest BCUT2D eigenvalue weighted by Crippen LogP contribution is 2.25. The second-order valence-corrected chi connectivity index (χ2v) is 5.58. The molecule has 0 aromatic heterocycles. The molecule has 104 valence electrons. The highest BCUT2D eigenvalue weighted by atomic mass is 16.5. The van der Waals surface area contributed by atoms with Gasteiger partial charge in [-0.2, -0.15) is 0 Å². The first-order valence-corrected chi connectivity index (χ1v) is 7.18. The Morgan fingerprint density at radius 3 is 2.95 bits per heavy atom. The Morgan fingerprint density at radius 2 is 2.11 bits per heavy atom. The van der Waals surface area contributed by atoms with Crippen molar-refractivity contribution in [3.8, 4) is 0 Å². The third-order valence-electron chi connectivity index (χ3n) is 4.15. The fourth-order valence-corrected chi connectivity index (χ4v) is 3.08. The second-order valence-electron chi connectivity index (χ2n) is 5.58. The van der Waals surface area contributed by atoms with Crippen LogP contribution in [0.3, 0.4) is 0 Å². The second kappa shape index (κ2) is 5.49. The predicted molar refractivity (Wildman–Crippen MR) is 76.8 cm³/mol. The number of nitrogens with two attached hydrogens (primary N) is 1. The van der Waals surface area contributed by atoms with Crippen molar-refractivity contribution < 1.29 is 4.74 Å². The summed E-state index contributed by atoms with van der Waals surface area (Å²) in [5, 5.41) is 0. The number of rotatable bonds is 3. The Balaban J connectivity index is 1.58. The number of hydrogen-bond donors (Lipinski definition) is 1. The summed E-state index contributed by atoms with van der Waals surface area (Å²) in [5.41, 5.74) is 9.51. The first-order valence-electron chi connectivity index (χ1n) is 7.18. The minimum Gasteiger partial charge on any atom is -0.399 e. The highest BCUT2D eigenvalue weighted by molar-refractivity contribution is 5.46. The van der Waals surface area contributed by atoms with Gasteiger partial charge in [0.05, 0.1) is 12.7 Å². The molecule has 2 N–H and O–H groups in total. The van der Waals surface area contributed by atoms with Crippen molar-refractivity contribution in [2.45, 2.75) is 26.1 Å². The Hall–Kier alpha value is -1.10. The summed E-state index contributed by atoms with van der Waals surface area (Å²) in [5.74, 6) is 0. The Morgan fingerprint density at radius 1 is 1.26 bits per heavy atom. The quantitative estimate of drug-likeness (QED) is 0.833. The lowest BCUT2D eigenvalue weighted by molar-refractivity contribution is -0.0424. The summed E-state index contributed by atoms with van der Waals surface area (Å²) >= 11 is 0. The molecule has 1 aromatic rings. The lowest BCUT2D eigenvalue weighted by Gasteiger charge is -2.34. The first kappa shape index (κ1) is 12.9. The molecule has 2 aliphatic heterocycles. The summed E-state index contributed by atoms with van der Waals surface area (Å²) in [6, 6.07) is 6.26. The van der Waals surface area contributed by atoms with Crippen molar-refractivity contribution in [2.24, 2.45) is 0 Å². The van der Waals surface area contributed by atoms with Crippen LogP contribution < -0.4 is 5.73 Å². The van der Waals surface area contributed by atoms with Crippen molar-refractivity contribution in [1.29, 1.82) is 0 Å². The highest BCUT2D eigenvalue weighted by Gasteiger charge is 2.25. The summed E-state index contributed by atoms with van der Waals surface area (Å²) < 4.78 is 5.89. The SMILES string of the molecule is CCN1CCOC(CN2Cc3ccc(N)cc3C2)C1. The van der Waals surface area contributed by atoms with E-state index in [4.69, 9.17) is 10.5 Å². The number of nitrogen functional groups attached to an aromatic ring is 1. The van der Waals surface area contributed by atoms with E-state index in [9.17, 15) is 0 Å². The molecule has 1 unspecified atom stereocenters. The molecule has 19 heavy (non-hydrogen) atoms. The van der Waals surface area contributed by atoms with Gasteiger partial charge in [0.15, 0.2) is 0 Å². The van der Waals surface area contributed by atoms with E-state index in [-0.39, 0.29) is 0 Å². The number of likely N-dealkylation sites (N-methyl/N-ethyl adjacent to an activating group) is 1. The van der Waals surface area contributed by atoms with E-state index in [0.717, 1.165) is 51.6 Å². The molecule has 0 aliphatic carbocycles. The molecule has 2 aliphatic rings. The zero-order valence-electron chi connectivity index (χ0n) is 11.6. The average Bonchev–Trinajstić information content (AvgIpc) is 2.80. The largest absolute Gasteiger partial charge is 0.399 e. The van der Waals surface area contributed by atoms with Crippen LogP contribution in [0.1, 0.15) is 18.1 Å². The maximum absolute atomic E-state index is 5.89. The Bertz CT molecular complexity index is 449. The van der Waals surface area contributed by atoms with Crippen LogP contribution in [-0.4, -0.2) is 48.7 Å². The fraction of sp³-hybridized carbons (Fsp3) is 0.600. The molecule has 4 heteroatoms. The molecule has 3 rings (SSSR count). The first-order chi connectivity index (χ1) is 9.24. The van der Waals surface area contributed by atoms with Crippen molar-refractivity contribution in [1.82, 2.24) is 9.80 Å². The molecule has 0 bridgehead atoms. The summed E-state index contributed by atoms with van der Waals surface area (Å²) in [6.45, 7) is 9.40. The van der Waals surface area contributed by atoms with Crippen LogP contribution in [-0.2, 0) is 17.8 Å². The lowest BCUT2D eigenvalue weighted by Crippen LogP contribution is -2.46. The number of morpholine rings is 1. The minimum atomic E-state index is 0.348. The van der Waals surface area contributed by atoms with Gasteiger partial charge in [-0.25, -0.2) is 0 Å². The number of ether oxygens (including phenoxy) is 1. The Labute approximate surface area is 115 Å². The van der Waals surface area contributed by atoms with Gasteiger partial charge in [0, 0.05) is 38.4 Å². The summed E-state index contributed by atoms with van der Waals surface area (Å²) in [7, 11) is 0. The molecular weight excluding hydrogens is 238 g/mol. The fourth-order valence-electron chi connectivity index (χ4n) is 3.08.